The summed E-state index contributed by atoms with van der Waals surface area (Å²) in [6, 6.07) is 0. The van der Waals surface area contributed by atoms with Crippen molar-refractivity contribution >= 4 is 28.8 Å². The van der Waals surface area contributed by atoms with Gasteiger partial charge in [0.1, 0.15) is 0 Å². The van der Waals surface area contributed by atoms with Gasteiger partial charge in [-0.1, -0.05) is 11.8 Å². The lowest BCUT2D eigenvalue weighted by Crippen LogP contribution is -2.32. The van der Waals surface area contributed by atoms with Crippen LogP contribution < -0.4 is 0 Å². The summed E-state index contributed by atoms with van der Waals surface area (Å²) in [4.78, 5) is 32.6. The molecule has 0 aromatic rings. The topological polar surface area (TPSA) is 54.5 Å². The smallest absolute Gasteiger partial charge is 0.274 e. The van der Waals surface area contributed by atoms with Crippen molar-refractivity contribution in [1.29, 1.82) is 0 Å². The first-order valence-electron chi connectivity index (χ1n) is 2.63. The maximum absolute atomic E-state index is 10.7. The average molecular weight is 159 g/mol. The second-order valence-electron chi connectivity index (χ2n) is 1.80. The van der Waals surface area contributed by atoms with Crippen molar-refractivity contribution in [2.45, 2.75) is 6.92 Å². The molecule has 0 radical (unpaired) electrons. The van der Waals surface area contributed by atoms with Crippen LogP contribution in [0.2, 0.25) is 0 Å². The van der Waals surface area contributed by atoms with Gasteiger partial charge in [0.2, 0.25) is 11.8 Å². The quantitative estimate of drug-likeness (QED) is 0.507. The first kappa shape index (κ1) is 7.27. The van der Waals surface area contributed by atoms with Gasteiger partial charge in [0.25, 0.3) is 5.24 Å². The van der Waals surface area contributed by atoms with E-state index in [1.807, 2.05) is 0 Å². The van der Waals surface area contributed by atoms with E-state index in [4.69, 9.17) is 0 Å². The lowest BCUT2D eigenvalue weighted by atomic mass is 10.5. The molecule has 0 N–H and O–H groups in total. The van der Waals surface area contributed by atoms with Crippen LogP contribution in [0, 0.1) is 0 Å². The molecule has 4 nitrogen and oxygen atoms in total. The Morgan fingerprint density at radius 3 is 2.40 bits per heavy atom. The fourth-order valence-electron chi connectivity index (χ4n) is 0.659. The predicted octanol–water partition coefficient (Wildman–Crippen LogP) is 0.228. The molecule has 1 rings (SSSR count). The Labute approximate surface area is 61.6 Å². The van der Waals surface area contributed by atoms with Crippen LogP contribution >= 0.6 is 11.8 Å². The van der Waals surface area contributed by atoms with Crippen molar-refractivity contribution < 1.29 is 14.4 Å². The van der Waals surface area contributed by atoms with E-state index in [1.165, 1.54) is 6.92 Å². The third kappa shape index (κ3) is 1.04. The minimum Gasteiger partial charge on any atom is -0.274 e. The monoisotopic (exact) mass is 159 g/mol. The number of amides is 3. The van der Waals surface area contributed by atoms with Gasteiger partial charge in [-0.2, -0.15) is 0 Å². The molecule has 1 aliphatic rings. The van der Waals surface area contributed by atoms with Gasteiger partial charge in [0, 0.05) is 6.92 Å². The van der Waals surface area contributed by atoms with Crippen LogP contribution in [0.5, 0.6) is 0 Å². The summed E-state index contributed by atoms with van der Waals surface area (Å²) in [6.07, 6.45) is 0. The largest absolute Gasteiger partial charge is 0.295 e. The SMILES string of the molecule is CC(=O)N1C(=O)CSC1=O. The van der Waals surface area contributed by atoms with Crippen LogP contribution in [-0.4, -0.2) is 27.7 Å². The van der Waals surface area contributed by atoms with Crippen molar-refractivity contribution in [2.75, 3.05) is 5.75 Å². The Kier molecular flexibility index (Phi) is 1.76. The van der Waals surface area contributed by atoms with Gasteiger partial charge in [-0.15, -0.1) is 0 Å². The standard InChI is InChI=1S/C5H5NO3S/c1-3(7)6-4(8)2-10-5(6)9/h2H2,1H3. The number of hydrogen-bond acceptors (Lipinski definition) is 4. The summed E-state index contributed by atoms with van der Waals surface area (Å²) in [6.45, 7) is 1.20. The molecule has 1 fully saturated rings. The molecule has 0 atom stereocenters. The highest BCUT2D eigenvalue weighted by molar-refractivity contribution is 8.14. The van der Waals surface area contributed by atoms with Crippen molar-refractivity contribution in [3.05, 3.63) is 0 Å². The first-order chi connectivity index (χ1) is 4.63. The molecular weight excluding hydrogens is 154 g/mol. The molecule has 1 heterocycles. The van der Waals surface area contributed by atoms with Gasteiger partial charge in [-0.25, -0.2) is 4.90 Å². The summed E-state index contributed by atoms with van der Waals surface area (Å²) in [5.41, 5.74) is 0. The first-order valence-corrected chi connectivity index (χ1v) is 3.62. The number of rotatable bonds is 0. The van der Waals surface area contributed by atoms with Crippen molar-refractivity contribution in [3.63, 3.8) is 0 Å². The van der Waals surface area contributed by atoms with Crippen molar-refractivity contribution in [1.82, 2.24) is 4.90 Å². The normalized spacial score (nSPS) is 18.3. The fraction of sp³-hybridized carbons (Fsp3) is 0.400. The van der Waals surface area contributed by atoms with E-state index in [1.54, 1.807) is 0 Å². The number of carbonyl (C=O) groups excluding carboxylic acids is 3. The van der Waals surface area contributed by atoms with E-state index < -0.39 is 17.1 Å². The van der Waals surface area contributed by atoms with E-state index in [2.05, 4.69) is 0 Å². The van der Waals surface area contributed by atoms with E-state index in [0.717, 1.165) is 11.8 Å². The Bertz CT molecular complexity index is 197. The molecule has 0 saturated carbocycles. The molecule has 0 bridgehead atoms. The van der Waals surface area contributed by atoms with Gasteiger partial charge in [0.05, 0.1) is 5.75 Å². The maximum Gasteiger partial charge on any atom is 0.295 e. The minimum atomic E-state index is -0.500. The zero-order valence-electron chi connectivity index (χ0n) is 5.29. The lowest BCUT2D eigenvalue weighted by molar-refractivity contribution is -0.136. The lowest BCUT2D eigenvalue weighted by Gasteiger charge is -2.04. The molecule has 54 valence electrons. The van der Waals surface area contributed by atoms with Crippen LogP contribution in [0.4, 0.5) is 4.79 Å². The molecule has 0 unspecified atom stereocenters. The number of nitrogens with zero attached hydrogens (tertiary/aromatic N) is 1. The highest BCUT2D eigenvalue weighted by atomic mass is 32.2. The van der Waals surface area contributed by atoms with Crippen molar-refractivity contribution in [3.8, 4) is 0 Å². The zero-order valence-corrected chi connectivity index (χ0v) is 6.10. The second-order valence-corrected chi connectivity index (χ2v) is 2.73. The average Bonchev–Trinajstić information content (AvgIpc) is 2.11. The van der Waals surface area contributed by atoms with E-state index in [-0.39, 0.29) is 5.75 Å². The van der Waals surface area contributed by atoms with E-state index >= 15 is 0 Å². The number of hydrogen-bond donors (Lipinski definition) is 0. The summed E-state index contributed by atoms with van der Waals surface area (Å²) in [5, 5.41) is -0.461. The Hall–Kier alpha value is -0.840. The molecular formula is C5H5NO3S. The fourth-order valence-corrected chi connectivity index (χ4v) is 1.39. The van der Waals surface area contributed by atoms with Gasteiger partial charge < -0.3 is 0 Å². The maximum atomic E-state index is 10.7. The molecule has 0 aliphatic carbocycles. The Morgan fingerprint density at radius 2 is 2.20 bits per heavy atom. The number of imide groups is 3. The molecule has 0 aromatic carbocycles. The summed E-state index contributed by atoms with van der Waals surface area (Å²) < 4.78 is 0. The molecule has 5 heteroatoms. The molecule has 1 saturated heterocycles. The van der Waals surface area contributed by atoms with Crippen LogP contribution in [0.15, 0.2) is 0 Å². The molecule has 3 amide bonds. The highest BCUT2D eigenvalue weighted by Crippen LogP contribution is 2.18. The van der Waals surface area contributed by atoms with Crippen LogP contribution in [0.3, 0.4) is 0 Å². The van der Waals surface area contributed by atoms with E-state index in [0.29, 0.717) is 4.90 Å². The summed E-state index contributed by atoms with van der Waals surface area (Å²) in [7, 11) is 0. The Balaban J connectivity index is 2.82. The van der Waals surface area contributed by atoms with E-state index in [9.17, 15) is 14.4 Å². The van der Waals surface area contributed by atoms with Crippen LogP contribution in [0.1, 0.15) is 6.92 Å². The third-order valence-electron chi connectivity index (χ3n) is 1.07. The van der Waals surface area contributed by atoms with Crippen LogP contribution in [-0.2, 0) is 9.59 Å². The van der Waals surface area contributed by atoms with Gasteiger partial charge in [0.15, 0.2) is 0 Å². The third-order valence-corrected chi connectivity index (χ3v) is 1.89. The minimum absolute atomic E-state index is 0.0956. The predicted molar refractivity (Wildman–Crippen MR) is 35.4 cm³/mol. The molecule has 10 heavy (non-hydrogen) atoms. The Morgan fingerprint density at radius 1 is 1.60 bits per heavy atom. The molecule has 0 spiro atoms. The highest BCUT2D eigenvalue weighted by Gasteiger charge is 2.32. The van der Waals surface area contributed by atoms with Gasteiger partial charge >= 0.3 is 0 Å². The zero-order chi connectivity index (χ0) is 7.72. The van der Waals surface area contributed by atoms with Crippen LogP contribution in [0.25, 0.3) is 0 Å². The van der Waals surface area contributed by atoms with Gasteiger partial charge in [-0.3, -0.25) is 14.4 Å². The number of carbonyl (C=O) groups is 3. The second kappa shape index (κ2) is 2.42. The summed E-state index contributed by atoms with van der Waals surface area (Å²) in [5.74, 6) is -0.819. The summed E-state index contributed by atoms with van der Waals surface area (Å²) >= 11 is 0.858. The number of thioether (sulfide) groups is 1. The molecule has 0 aromatic heterocycles. The van der Waals surface area contributed by atoms with Crippen molar-refractivity contribution in [2.24, 2.45) is 0 Å². The molecule has 1 aliphatic heterocycles. The van der Waals surface area contributed by atoms with Gasteiger partial charge in [-0.05, 0) is 0 Å².